The van der Waals surface area contributed by atoms with Crippen LogP contribution in [0.3, 0.4) is 0 Å². The van der Waals surface area contributed by atoms with E-state index in [1.165, 1.54) is 38.5 Å². The van der Waals surface area contributed by atoms with Gasteiger partial charge in [-0.25, -0.2) is 0 Å². The number of guanidine groups is 1. The van der Waals surface area contributed by atoms with Gasteiger partial charge in [0.15, 0.2) is 5.96 Å². The smallest absolute Gasteiger partial charge is 0.236 e. The van der Waals surface area contributed by atoms with Crippen molar-refractivity contribution in [2.45, 2.75) is 45.4 Å². The SMILES string of the molecule is CCNC(=NCCC1CC1)N1CCN(CC(=O)N2CCCCC2)CC1. The second-order valence-electron chi connectivity index (χ2n) is 7.67. The predicted molar refractivity (Wildman–Crippen MR) is 102 cm³/mol. The van der Waals surface area contributed by atoms with Gasteiger partial charge in [0.25, 0.3) is 0 Å². The molecule has 6 heteroatoms. The Morgan fingerprint density at radius 3 is 2.36 bits per heavy atom. The van der Waals surface area contributed by atoms with Gasteiger partial charge in [0, 0.05) is 52.4 Å². The monoisotopic (exact) mass is 349 g/mol. The molecule has 142 valence electrons. The zero-order valence-electron chi connectivity index (χ0n) is 15.9. The highest BCUT2D eigenvalue weighted by Gasteiger charge is 2.24. The second kappa shape index (κ2) is 9.41. The lowest BCUT2D eigenvalue weighted by atomic mass is 10.1. The van der Waals surface area contributed by atoms with E-state index in [-0.39, 0.29) is 0 Å². The summed E-state index contributed by atoms with van der Waals surface area (Å²) in [5.41, 5.74) is 0. The number of aliphatic imine (C=N–C) groups is 1. The molecule has 1 amide bonds. The van der Waals surface area contributed by atoms with Gasteiger partial charge < -0.3 is 15.1 Å². The third-order valence-electron chi connectivity index (χ3n) is 5.57. The van der Waals surface area contributed by atoms with Crippen molar-refractivity contribution in [2.75, 3.05) is 58.9 Å². The molecular formula is C19H35N5O. The van der Waals surface area contributed by atoms with Gasteiger partial charge in [-0.05, 0) is 38.5 Å². The maximum absolute atomic E-state index is 12.4. The largest absolute Gasteiger partial charge is 0.357 e. The molecule has 1 saturated carbocycles. The van der Waals surface area contributed by atoms with Crippen molar-refractivity contribution >= 4 is 11.9 Å². The maximum Gasteiger partial charge on any atom is 0.236 e. The molecule has 0 aromatic heterocycles. The van der Waals surface area contributed by atoms with E-state index in [4.69, 9.17) is 4.99 Å². The first-order valence-corrected chi connectivity index (χ1v) is 10.3. The lowest BCUT2D eigenvalue weighted by Gasteiger charge is -2.37. The number of carbonyl (C=O) groups is 1. The number of nitrogens with one attached hydrogen (secondary N) is 1. The Bertz CT molecular complexity index is 449. The standard InChI is InChI=1S/C19H35N5O/c1-2-20-19(21-9-8-17-6-7-17)24-14-12-22(13-15-24)16-18(25)23-10-4-3-5-11-23/h17H,2-16H2,1H3,(H,20,21). The quantitative estimate of drug-likeness (QED) is 0.581. The number of likely N-dealkylation sites (tertiary alicyclic amines) is 1. The van der Waals surface area contributed by atoms with Crippen LogP contribution in [0, 0.1) is 5.92 Å². The van der Waals surface area contributed by atoms with E-state index >= 15 is 0 Å². The van der Waals surface area contributed by atoms with Crippen LogP contribution in [0.2, 0.25) is 0 Å². The summed E-state index contributed by atoms with van der Waals surface area (Å²) in [5.74, 6) is 2.31. The molecule has 3 fully saturated rings. The fourth-order valence-electron chi connectivity index (χ4n) is 3.74. The molecule has 0 unspecified atom stereocenters. The van der Waals surface area contributed by atoms with Crippen molar-refractivity contribution in [2.24, 2.45) is 10.9 Å². The molecule has 0 aromatic rings. The first-order chi connectivity index (χ1) is 12.3. The van der Waals surface area contributed by atoms with Crippen LogP contribution >= 0.6 is 0 Å². The maximum atomic E-state index is 12.4. The van der Waals surface area contributed by atoms with Crippen molar-refractivity contribution in [3.05, 3.63) is 0 Å². The van der Waals surface area contributed by atoms with E-state index in [0.29, 0.717) is 12.5 Å². The number of hydrogen-bond donors (Lipinski definition) is 1. The molecule has 3 aliphatic rings. The Balaban J connectivity index is 1.41. The molecule has 2 saturated heterocycles. The topological polar surface area (TPSA) is 51.2 Å². The van der Waals surface area contributed by atoms with E-state index < -0.39 is 0 Å². The first kappa shape index (κ1) is 18.5. The van der Waals surface area contributed by atoms with Gasteiger partial charge in [0.1, 0.15) is 0 Å². The summed E-state index contributed by atoms with van der Waals surface area (Å²) in [6, 6.07) is 0. The number of nitrogens with zero attached hydrogens (tertiary/aromatic N) is 4. The Labute approximate surface area is 152 Å². The molecule has 25 heavy (non-hydrogen) atoms. The van der Waals surface area contributed by atoms with Gasteiger partial charge in [0.2, 0.25) is 5.91 Å². The molecule has 0 spiro atoms. The molecule has 0 atom stereocenters. The molecular weight excluding hydrogens is 314 g/mol. The van der Waals surface area contributed by atoms with Crippen LogP contribution in [0.5, 0.6) is 0 Å². The van der Waals surface area contributed by atoms with Crippen LogP contribution in [-0.2, 0) is 4.79 Å². The fraction of sp³-hybridized carbons (Fsp3) is 0.895. The van der Waals surface area contributed by atoms with Gasteiger partial charge in [-0.15, -0.1) is 0 Å². The zero-order chi connectivity index (χ0) is 17.5. The minimum Gasteiger partial charge on any atom is -0.357 e. The van der Waals surface area contributed by atoms with Gasteiger partial charge in [-0.2, -0.15) is 0 Å². The lowest BCUT2D eigenvalue weighted by Crippen LogP contribution is -2.54. The summed E-state index contributed by atoms with van der Waals surface area (Å²) in [4.78, 5) is 24.0. The Morgan fingerprint density at radius 1 is 1.00 bits per heavy atom. The van der Waals surface area contributed by atoms with Gasteiger partial charge in [0.05, 0.1) is 6.54 Å². The average molecular weight is 350 g/mol. The van der Waals surface area contributed by atoms with Crippen LogP contribution in [0.4, 0.5) is 0 Å². The Morgan fingerprint density at radius 2 is 1.72 bits per heavy atom. The molecule has 2 aliphatic heterocycles. The van der Waals surface area contributed by atoms with Crippen LogP contribution in [0.1, 0.15) is 45.4 Å². The number of carbonyl (C=O) groups excluding carboxylic acids is 1. The number of rotatable bonds is 6. The molecule has 0 bridgehead atoms. The number of hydrogen-bond acceptors (Lipinski definition) is 3. The summed E-state index contributed by atoms with van der Waals surface area (Å²) in [5, 5.41) is 3.44. The van der Waals surface area contributed by atoms with Gasteiger partial charge >= 0.3 is 0 Å². The van der Waals surface area contributed by atoms with Crippen LogP contribution < -0.4 is 5.32 Å². The van der Waals surface area contributed by atoms with E-state index in [1.807, 2.05) is 0 Å². The highest BCUT2D eigenvalue weighted by molar-refractivity contribution is 5.80. The number of piperidine rings is 1. The lowest BCUT2D eigenvalue weighted by molar-refractivity contribution is -0.133. The van der Waals surface area contributed by atoms with Gasteiger partial charge in [-0.3, -0.25) is 14.7 Å². The van der Waals surface area contributed by atoms with Crippen molar-refractivity contribution in [3.8, 4) is 0 Å². The summed E-state index contributed by atoms with van der Waals surface area (Å²) in [6.45, 7) is 10.3. The third kappa shape index (κ3) is 5.87. The number of piperazine rings is 1. The molecule has 3 rings (SSSR count). The van der Waals surface area contributed by atoms with E-state index in [9.17, 15) is 4.79 Å². The summed E-state index contributed by atoms with van der Waals surface area (Å²) in [6.07, 6.45) is 7.65. The highest BCUT2D eigenvalue weighted by atomic mass is 16.2. The van der Waals surface area contributed by atoms with E-state index in [0.717, 1.165) is 64.2 Å². The summed E-state index contributed by atoms with van der Waals surface area (Å²) in [7, 11) is 0. The number of amides is 1. The van der Waals surface area contributed by atoms with Crippen molar-refractivity contribution in [1.29, 1.82) is 0 Å². The molecule has 6 nitrogen and oxygen atoms in total. The van der Waals surface area contributed by atoms with E-state index in [2.05, 4.69) is 26.9 Å². The van der Waals surface area contributed by atoms with Crippen LogP contribution in [0.15, 0.2) is 4.99 Å². The van der Waals surface area contributed by atoms with Gasteiger partial charge in [-0.1, -0.05) is 12.8 Å². The minimum atomic E-state index is 0.318. The predicted octanol–water partition coefficient (Wildman–Crippen LogP) is 1.38. The molecule has 1 aliphatic carbocycles. The third-order valence-corrected chi connectivity index (χ3v) is 5.57. The average Bonchev–Trinajstić information content (AvgIpc) is 3.47. The van der Waals surface area contributed by atoms with Crippen LogP contribution in [0.25, 0.3) is 0 Å². The molecule has 0 aromatic carbocycles. The van der Waals surface area contributed by atoms with E-state index in [1.54, 1.807) is 0 Å². The summed E-state index contributed by atoms with van der Waals surface area (Å²) < 4.78 is 0. The fourth-order valence-corrected chi connectivity index (χ4v) is 3.74. The Hall–Kier alpha value is -1.30. The van der Waals surface area contributed by atoms with Crippen molar-refractivity contribution < 1.29 is 4.79 Å². The normalized spacial score (nSPS) is 23.0. The first-order valence-electron chi connectivity index (χ1n) is 10.3. The van der Waals surface area contributed by atoms with Crippen molar-refractivity contribution in [3.63, 3.8) is 0 Å². The van der Waals surface area contributed by atoms with Crippen LogP contribution in [-0.4, -0.2) is 85.5 Å². The minimum absolute atomic E-state index is 0.318. The molecule has 2 heterocycles. The highest BCUT2D eigenvalue weighted by Crippen LogP contribution is 2.32. The second-order valence-corrected chi connectivity index (χ2v) is 7.67. The molecule has 1 N–H and O–H groups in total. The van der Waals surface area contributed by atoms with Crippen molar-refractivity contribution in [1.82, 2.24) is 20.0 Å². The summed E-state index contributed by atoms with van der Waals surface area (Å²) >= 11 is 0. The zero-order valence-corrected chi connectivity index (χ0v) is 15.9. The Kier molecular flexibility index (Phi) is 6.96. The molecule has 0 radical (unpaired) electrons.